The molecule has 0 saturated heterocycles. The summed E-state index contributed by atoms with van der Waals surface area (Å²) in [5.41, 5.74) is 3.62. The molecule has 0 heterocycles. The molecule has 6 nitrogen and oxygen atoms in total. The van der Waals surface area contributed by atoms with Gasteiger partial charge in [-0.05, 0) is 48.6 Å². The third kappa shape index (κ3) is 4.93. The van der Waals surface area contributed by atoms with Crippen LogP contribution in [0.3, 0.4) is 0 Å². The molecule has 1 amide bonds. The number of nitrogens with zero attached hydrogens (tertiary/aromatic N) is 1. The minimum atomic E-state index is -0.344. The first-order valence-corrected chi connectivity index (χ1v) is 10.2. The second kappa shape index (κ2) is 9.65. The molecule has 0 aliphatic heterocycles. The Kier molecular flexibility index (Phi) is 6.98. The standard InChI is InChI=1S/C24H29NO5/c1-5-25(24(27)18-10-11-18)14-19-8-6-7-9-20(19)21-12-17(15-30-16(2)26)13-22(28-3)23(21)29-4/h6-9,12-13,18H,5,10-11,14-15H2,1-4H3. The summed E-state index contributed by atoms with van der Waals surface area (Å²) in [5.74, 6) is 1.23. The maximum Gasteiger partial charge on any atom is 0.302 e. The molecule has 1 fully saturated rings. The van der Waals surface area contributed by atoms with Crippen LogP contribution in [0.5, 0.6) is 11.5 Å². The Balaban J connectivity index is 2.02. The molecule has 2 aromatic rings. The highest BCUT2D eigenvalue weighted by Gasteiger charge is 2.33. The molecule has 1 aliphatic carbocycles. The minimum Gasteiger partial charge on any atom is -0.493 e. The van der Waals surface area contributed by atoms with E-state index in [1.54, 1.807) is 14.2 Å². The van der Waals surface area contributed by atoms with Crippen molar-refractivity contribution in [3.8, 4) is 22.6 Å². The van der Waals surface area contributed by atoms with Gasteiger partial charge in [0, 0.05) is 31.5 Å². The van der Waals surface area contributed by atoms with E-state index in [2.05, 4.69) is 0 Å². The number of carbonyl (C=O) groups excluding carboxylic acids is 2. The molecule has 0 bridgehead atoms. The SMILES string of the molecule is CCN(Cc1ccccc1-c1cc(COC(C)=O)cc(OC)c1OC)C(=O)C1CC1. The molecule has 3 rings (SSSR count). The molecule has 160 valence electrons. The van der Waals surface area contributed by atoms with Crippen molar-refractivity contribution in [2.45, 2.75) is 39.8 Å². The second-order valence-electron chi connectivity index (χ2n) is 7.44. The molecular formula is C24H29NO5. The monoisotopic (exact) mass is 411 g/mol. The molecule has 0 aromatic heterocycles. The lowest BCUT2D eigenvalue weighted by Gasteiger charge is -2.23. The van der Waals surface area contributed by atoms with Gasteiger partial charge in [0.2, 0.25) is 5.91 Å². The number of benzene rings is 2. The zero-order chi connectivity index (χ0) is 21.7. The number of ether oxygens (including phenoxy) is 3. The summed E-state index contributed by atoms with van der Waals surface area (Å²) >= 11 is 0. The summed E-state index contributed by atoms with van der Waals surface area (Å²) < 4.78 is 16.4. The number of hydrogen-bond donors (Lipinski definition) is 0. The van der Waals surface area contributed by atoms with Crippen molar-refractivity contribution in [2.24, 2.45) is 5.92 Å². The average molecular weight is 411 g/mol. The summed E-state index contributed by atoms with van der Waals surface area (Å²) in [5, 5.41) is 0. The Hall–Kier alpha value is -3.02. The molecule has 0 N–H and O–H groups in total. The first-order valence-electron chi connectivity index (χ1n) is 10.2. The van der Waals surface area contributed by atoms with E-state index in [-0.39, 0.29) is 24.4 Å². The topological polar surface area (TPSA) is 65.1 Å². The van der Waals surface area contributed by atoms with Gasteiger partial charge in [0.25, 0.3) is 0 Å². The second-order valence-corrected chi connectivity index (χ2v) is 7.44. The van der Waals surface area contributed by atoms with E-state index in [1.807, 2.05) is 48.2 Å². The van der Waals surface area contributed by atoms with Crippen LogP contribution in [-0.2, 0) is 27.5 Å². The van der Waals surface area contributed by atoms with E-state index in [1.165, 1.54) is 6.92 Å². The Labute approximate surface area is 177 Å². The molecule has 0 radical (unpaired) electrons. The first-order chi connectivity index (χ1) is 14.5. The van der Waals surface area contributed by atoms with Gasteiger partial charge in [0.1, 0.15) is 6.61 Å². The largest absolute Gasteiger partial charge is 0.493 e. The molecule has 30 heavy (non-hydrogen) atoms. The molecule has 2 aromatic carbocycles. The van der Waals surface area contributed by atoms with E-state index < -0.39 is 0 Å². The Morgan fingerprint density at radius 3 is 2.40 bits per heavy atom. The highest BCUT2D eigenvalue weighted by Crippen LogP contribution is 2.41. The molecule has 1 saturated carbocycles. The van der Waals surface area contributed by atoms with Gasteiger partial charge in [-0.25, -0.2) is 0 Å². The Morgan fingerprint density at radius 2 is 1.80 bits per heavy atom. The van der Waals surface area contributed by atoms with E-state index in [9.17, 15) is 9.59 Å². The van der Waals surface area contributed by atoms with Gasteiger partial charge in [-0.15, -0.1) is 0 Å². The maximum atomic E-state index is 12.6. The fraction of sp³-hybridized carbons (Fsp3) is 0.417. The van der Waals surface area contributed by atoms with Crippen LogP contribution >= 0.6 is 0 Å². The maximum absolute atomic E-state index is 12.6. The number of amides is 1. The molecule has 1 aliphatic rings. The Bertz CT molecular complexity index is 920. The molecule has 0 unspecified atom stereocenters. The Morgan fingerprint density at radius 1 is 1.07 bits per heavy atom. The molecule has 6 heteroatoms. The molecule has 0 atom stereocenters. The van der Waals surface area contributed by atoms with Crippen LogP contribution in [0.25, 0.3) is 11.1 Å². The van der Waals surface area contributed by atoms with Crippen molar-refractivity contribution in [2.75, 3.05) is 20.8 Å². The van der Waals surface area contributed by atoms with E-state index in [0.29, 0.717) is 24.6 Å². The van der Waals surface area contributed by atoms with Crippen LogP contribution in [0, 0.1) is 5.92 Å². The lowest BCUT2D eigenvalue weighted by molar-refractivity contribution is -0.142. The van der Waals surface area contributed by atoms with E-state index in [4.69, 9.17) is 14.2 Å². The first kappa shape index (κ1) is 21.7. The number of carbonyl (C=O) groups is 2. The van der Waals surface area contributed by atoms with Crippen molar-refractivity contribution >= 4 is 11.9 Å². The molecule has 0 spiro atoms. The fourth-order valence-corrected chi connectivity index (χ4v) is 3.55. The van der Waals surface area contributed by atoms with Gasteiger partial charge >= 0.3 is 5.97 Å². The third-order valence-electron chi connectivity index (χ3n) is 5.27. The number of rotatable bonds is 9. The number of hydrogen-bond acceptors (Lipinski definition) is 5. The van der Waals surface area contributed by atoms with Crippen LogP contribution in [0.4, 0.5) is 0 Å². The van der Waals surface area contributed by atoms with Gasteiger partial charge in [0.15, 0.2) is 11.5 Å². The number of methoxy groups -OCH3 is 2. The lowest BCUT2D eigenvalue weighted by atomic mass is 9.96. The quantitative estimate of drug-likeness (QED) is 0.579. The lowest BCUT2D eigenvalue weighted by Crippen LogP contribution is -2.31. The zero-order valence-electron chi connectivity index (χ0n) is 18.1. The predicted molar refractivity (Wildman–Crippen MR) is 114 cm³/mol. The van der Waals surface area contributed by atoms with Crippen molar-refractivity contribution in [3.05, 3.63) is 47.5 Å². The highest BCUT2D eigenvalue weighted by molar-refractivity contribution is 5.82. The summed E-state index contributed by atoms with van der Waals surface area (Å²) in [6.07, 6.45) is 1.97. The van der Waals surface area contributed by atoms with Crippen LogP contribution in [0.15, 0.2) is 36.4 Å². The van der Waals surface area contributed by atoms with Crippen molar-refractivity contribution in [1.29, 1.82) is 0 Å². The van der Waals surface area contributed by atoms with Gasteiger partial charge < -0.3 is 19.1 Å². The normalized spacial score (nSPS) is 12.9. The van der Waals surface area contributed by atoms with Crippen LogP contribution < -0.4 is 9.47 Å². The van der Waals surface area contributed by atoms with E-state index in [0.717, 1.165) is 35.1 Å². The van der Waals surface area contributed by atoms with Crippen molar-refractivity contribution in [1.82, 2.24) is 4.90 Å². The summed E-state index contributed by atoms with van der Waals surface area (Å²) in [6, 6.07) is 11.7. The highest BCUT2D eigenvalue weighted by atomic mass is 16.5. The predicted octanol–water partition coefficient (Wildman–Crippen LogP) is 4.19. The zero-order valence-corrected chi connectivity index (χ0v) is 18.1. The van der Waals surface area contributed by atoms with Crippen LogP contribution in [0.2, 0.25) is 0 Å². The van der Waals surface area contributed by atoms with Gasteiger partial charge in [-0.3, -0.25) is 9.59 Å². The third-order valence-corrected chi connectivity index (χ3v) is 5.27. The summed E-state index contributed by atoms with van der Waals surface area (Å²) in [7, 11) is 3.18. The van der Waals surface area contributed by atoms with Gasteiger partial charge in [-0.2, -0.15) is 0 Å². The van der Waals surface area contributed by atoms with Gasteiger partial charge in [0.05, 0.1) is 14.2 Å². The van der Waals surface area contributed by atoms with Crippen molar-refractivity contribution in [3.63, 3.8) is 0 Å². The van der Waals surface area contributed by atoms with E-state index >= 15 is 0 Å². The fourth-order valence-electron chi connectivity index (χ4n) is 3.55. The minimum absolute atomic E-state index is 0.145. The molecular weight excluding hydrogens is 382 g/mol. The van der Waals surface area contributed by atoms with Gasteiger partial charge in [-0.1, -0.05) is 24.3 Å². The van der Waals surface area contributed by atoms with Crippen molar-refractivity contribution < 1.29 is 23.8 Å². The van der Waals surface area contributed by atoms with Crippen LogP contribution in [0.1, 0.15) is 37.8 Å². The van der Waals surface area contributed by atoms with Crippen LogP contribution in [-0.4, -0.2) is 37.5 Å². The average Bonchev–Trinajstić information content (AvgIpc) is 3.60. The smallest absolute Gasteiger partial charge is 0.302 e. The number of esters is 1. The summed E-state index contributed by atoms with van der Waals surface area (Å²) in [4.78, 5) is 25.8. The summed E-state index contributed by atoms with van der Waals surface area (Å²) in [6.45, 7) is 4.73.